The first-order valence-corrected chi connectivity index (χ1v) is 6.41. The summed E-state index contributed by atoms with van der Waals surface area (Å²) >= 11 is 0. The van der Waals surface area contributed by atoms with Crippen LogP contribution in [-0.2, 0) is 14.3 Å². The SMILES string of the molecule is C[C@@H](NC(=O)[C@@H]1CC[C@H](C(=O)O)O1)c1cccc(F)c1. The molecule has 20 heavy (non-hydrogen) atoms. The topological polar surface area (TPSA) is 75.6 Å². The first kappa shape index (κ1) is 14.5. The van der Waals surface area contributed by atoms with E-state index in [2.05, 4.69) is 5.32 Å². The summed E-state index contributed by atoms with van der Waals surface area (Å²) in [5.74, 6) is -1.80. The van der Waals surface area contributed by atoms with E-state index in [-0.39, 0.29) is 17.8 Å². The average molecular weight is 281 g/mol. The van der Waals surface area contributed by atoms with Crippen LogP contribution in [-0.4, -0.2) is 29.2 Å². The Morgan fingerprint density at radius 1 is 1.40 bits per heavy atom. The molecule has 0 radical (unpaired) electrons. The molecule has 1 aliphatic heterocycles. The number of rotatable bonds is 4. The number of carboxylic acid groups (broad SMARTS) is 1. The number of carbonyl (C=O) groups excluding carboxylic acids is 1. The molecule has 6 heteroatoms. The van der Waals surface area contributed by atoms with Crippen molar-refractivity contribution in [3.05, 3.63) is 35.6 Å². The summed E-state index contributed by atoms with van der Waals surface area (Å²) in [4.78, 5) is 22.7. The largest absolute Gasteiger partial charge is 0.479 e. The summed E-state index contributed by atoms with van der Waals surface area (Å²) < 4.78 is 18.3. The zero-order chi connectivity index (χ0) is 14.7. The van der Waals surface area contributed by atoms with Crippen LogP contribution in [0, 0.1) is 5.82 Å². The van der Waals surface area contributed by atoms with E-state index in [0.29, 0.717) is 18.4 Å². The van der Waals surface area contributed by atoms with E-state index >= 15 is 0 Å². The van der Waals surface area contributed by atoms with E-state index in [1.54, 1.807) is 19.1 Å². The Hall–Kier alpha value is -1.95. The molecule has 1 fully saturated rings. The lowest BCUT2D eigenvalue weighted by Gasteiger charge is -2.17. The van der Waals surface area contributed by atoms with Gasteiger partial charge in [-0.3, -0.25) is 4.79 Å². The summed E-state index contributed by atoms with van der Waals surface area (Å²) in [6, 6.07) is 5.59. The first-order chi connectivity index (χ1) is 9.47. The zero-order valence-electron chi connectivity index (χ0n) is 11.0. The number of amides is 1. The minimum Gasteiger partial charge on any atom is -0.479 e. The first-order valence-electron chi connectivity index (χ1n) is 6.41. The van der Waals surface area contributed by atoms with Gasteiger partial charge in [-0.2, -0.15) is 0 Å². The van der Waals surface area contributed by atoms with Crippen LogP contribution in [0.5, 0.6) is 0 Å². The number of hydrogen-bond donors (Lipinski definition) is 2. The number of halogens is 1. The van der Waals surface area contributed by atoms with E-state index in [1.807, 2.05) is 0 Å². The molecule has 0 saturated carbocycles. The van der Waals surface area contributed by atoms with Crippen LogP contribution >= 0.6 is 0 Å². The molecule has 0 bridgehead atoms. The Morgan fingerprint density at radius 2 is 2.10 bits per heavy atom. The highest BCUT2D eigenvalue weighted by Gasteiger charge is 2.35. The molecule has 108 valence electrons. The Labute approximate surface area is 115 Å². The highest BCUT2D eigenvalue weighted by molar-refractivity contribution is 5.82. The summed E-state index contributed by atoms with van der Waals surface area (Å²) in [5, 5.41) is 11.5. The van der Waals surface area contributed by atoms with E-state index < -0.39 is 18.2 Å². The summed E-state index contributed by atoms with van der Waals surface area (Å²) in [7, 11) is 0. The number of benzene rings is 1. The molecule has 1 heterocycles. The van der Waals surface area contributed by atoms with Crippen molar-refractivity contribution in [2.45, 2.75) is 38.0 Å². The number of carboxylic acids is 1. The van der Waals surface area contributed by atoms with Crippen molar-refractivity contribution in [2.75, 3.05) is 0 Å². The molecule has 0 spiro atoms. The lowest BCUT2D eigenvalue weighted by molar-refractivity contribution is -0.151. The van der Waals surface area contributed by atoms with Crippen LogP contribution in [0.15, 0.2) is 24.3 Å². The lowest BCUT2D eigenvalue weighted by Crippen LogP contribution is -2.37. The molecule has 1 saturated heterocycles. The van der Waals surface area contributed by atoms with Gasteiger partial charge in [0.05, 0.1) is 6.04 Å². The lowest BCUT2D eigenvalue weighted by atomic mass is 10.1. The van der Waals surface area contributed by atoms with Crippen molar-refractivity contribution in [2.24, 2.45) is 0 Å². The van der Waals surface area contributed by atoms with Crippen LogP contribution < -0.4 is 5.32 Å². The Morgan fingerprint density at radius 3 is 2.70 bits per heavy atom. The predicted molar refractivity (Wildman–Crippen MR) is 68.5 cm³/mol. The molecule has 0 aromatic heterocycles. The average Bonchev–Trinajstić information content (AvgIpc) is 2.88. The quantitative estimate of drug-likeness (QED) is 0.879. The number of hydrogen-bond acceptors (Lipinski definition) is 3. The summed E-state index contributed by atoms with van der Waals surface area (Å²) in [5.41, 5.74) is 0.645. The summed E-state index contributed by atoms with van der Waals surface area (Å²) in [6.07, 6.45) is -0.984. The highest BCUT2D eigenvalue weighted by atomic mass is 19.1. The van der Waals surface area contributed by atoms with Gasteiger partial charge in [-0.25, -0.2) is 9.18 Å². The van der Waals surface area contributed by atoms with Gasteiger partial charge in [0.2, 0.25) is 5.91 Å². The van der Waals surface area contributed by atoms with Gasteiger partial charge in [-0.05, 0) is 37.5 Å². The number of aliphatic carboxylic acids is 1. The minimum absolute atomic E-state index is 0.321. The molecule has 2 N–H and O–H groups in total. The van der Waals surface area contributed by atoms with Crippen LogP contribution in [0.1, 0.15) is 31.4 Å². The van der Waals surface area contributed by atoms with E-state index in [4.69, 9.17) is 9.84 Å². The number of ether oxygens (including phenoxy) is 1. The van der Waals surface area contributed by atoms with Crippen LogP contribution in [0.25, 0.3) is 0 Å². The molecule has 1 aromatic rings. The molecule has 1 aliphatic rings. The number of nitrogens with one attached hydrogen (secondary N) is 1. The molecule has 0 aliphatic carbocycles. The smallest absolute Gasteiger partial charge is 0.332 e. The Bertz CT molecular complexity index is 520. The van der Waals surface area contributed by atoms with Gasteiger partial charge in [-0.15, -0.1) is 0 Å². The van der Waals surface area contributed by atoms with Gasteiger partial charge in [0.1, 0.15) is 11.9 Å². The standard InChI is InChI=1S/C14H16FNO4/c1-8(9-3-2-4-10(15)7-9)16-13(17)11-5-6-12(20-11)14(18)19/h2-4,7-8,11-12H,5-6H2,1H3,(H,16,17)(H,18,19)/t8-,11+,12-/m1/s1. The van der Waals surface area contributed by atoms with Gasteiger partial charge in [0, 0.05) is 0 Å². The maximum absolute atomic E-state index is 13.1. The van der Waals surface area contributed by atoms with Crippen molar-refractivity contribution < 1.29 is 23.8 Å². The fourth-order valence-electron chi connectivity index (χ4n) is 2.18. The molecule has 2 rings (SSSR count). The molecule has 3 atom stereocenters. The van der Waals surface area contributed by atoms with Crippen molar-refractivity contribution in [3.63, 3.8) is 0 Å². The molecule has 0 unspecified atom stereocenters. The minimum atomic E-state index is -1.06. The van der Waals surface area contributed by atoms with E-state index in [1.165, 1.54) is 12.1 Å². The molecule has 1 aromatic carbocycles. The molecule has 5 nitrogen and oxygen atoms in total. The summed E-state index contributed by atoms with van der Waals surface area (Å²) in [6.45, 7) is 1.73. The van der Waals surface area contributed by atoms with Gasteiger partial charge < -0.3 is 15.2 Å². The van der Waals surface area contributed by atoms with E-state index in [0.717, 1.165) is 0 Å². The van der Waals surface area contributed by atoms with Crippen LogP contribution in [0.4, 0.5) is 4.39 Å². The van der Waals surface area contributed by atoms with Crippen molar-refractivity contribution in [1.29, 1.82) is 0 Å². The zero-order valence-corrected chi connectivity index (χ0v) is 11.0. The van der Waals surface area contributed by atoms with E-state index in [9.17, 15) is 14.0 Å². The predicted octanol–water partition coefficient (Wildman–Crippen LogP) is 1.64. The molecular weight excluding hydrogens is 265 g/mol. The van der Waals surface area contributed by atoms with Gasteiger partial charge in [0.15, 0.2) is 6.10 Å². The third-order valence-electron chi connectivity index (χ3n) is 3.29. The van der Waals surface area contributed by atoms with Crippen molar-refractivity contribution in [3.8, 4) is 0 Å². The van der Waals surface area contributed by atoms with Crippen LogP contribution in [0.3, 0.4) is 0 Å². The third-order valence-corrected chi connectivity index (χ3v) is 3.29. The fraction of sp³-hybridized carbons (Fsp3) is 0.429. The maximum Gasteiger partial charge on any atom is 0.332 e. The Kier molecular flexibility index (Phi) is 4.34. The van der Waals surface area contributed by atoms with Crippen molar-refractivity contribution in [1.82, 2.24) is 5.32 Å². The van der Waals surface area contributed by atoms with Gasteiger partial charge in [-0.1, -0.05) is 12.1 Å². The van der Waals surface area contributed by atoms with Gasteiger partial charge >= 0.3 is 5.97 Å². The number of carbonyl (C=O) groups is 2. The maximum atomic E-state index is 13.1. The second kappa shape index (κ2) is 6.00. The normalized spacial score (nSPS) is 23.3. The third kappa shape index (κ3) is 3.33. The second-order valence-electron chi connectivity index (χ2n) is 4.81. The Balaban J connectivity index is 1.93. The fourth-order valence-corrected chi connectivity index (χ4v) is 2.18. The molecular formula is C14H16FNO4. The monoisotopic (exact) mass is 281 g/mol. The van der Waals surface area contributed by atoms with Gasteiger partial charge in [0.25, 0.3) is 0 Å². The van der Waals surface area contributed by atoms with Crippen LogP contribution in [0.2, 0.25) is 0 Å². The molecule has 1 amide bonds. The van der Waals surface area contributed by atoms with Crippen molar-refractivity contribution >= 4 is 11.9 Å². The highest BCUT2D eigenvalue weighted by Crippen LogP contribution is 2.21. The second-order valence-corrected chi connectivity index (χ2v) is 4.81.